The van der Waals surface area contributed by atoms with Crippen molar-refractivity contribution in [3.8, 4) is 0 Å². The molecule has 1 rings (SSSR count). The SMILES string of the molecule is CCC(=O)OCCc1cccn1C. The Morgan fingerprint density at radius 1 is 1.62 bits per heavy atom. The molecule has 0 aromatic carbocycles. The number of aromatic nitrogens is 1. The molecule has 0 saturated heterocycles. The Morgan fingerprint density at radius 3 is 2.92 bits per heavy atom. The van der Waals surface area contributed by atoms with Crippen LogP contribution in [-0.4, -0.2) is 17.1 Å². The third kappa shape index (κ3) is 2.93. The van der Waals surface area contributed by atoms with Gasteiger partial charge in [0.15, 0.2) is 0 Å². The van der Waals surface area contributed by atoms with Crippen LogP contribution in [0.1, 0.15) is 19.0 Å². The molecule has 72 valence electrons. The summed E-state index contributed by atoms with van der Waals surface area (Å²) in [5, 5.41) is 0. The molecular formula is C10H15NO2. The molecule has 0 radical (unpaired) electrons. The molecule has 0 atom stereocenters. The first-order chi connectivity index (χ1) is 6.24. The molecule has 0 amide bonds. The zero-order chi connectivity index (χ0) is 9.68. The van der Waals surface area contributed by atoms with Crippen molar-refractivity contribution >= 4 is 5.97 Å². The highest BCUT2D eigenvalue weighted by Gasteiger charge is 2.00. The van der Waals surface area contributed by atoms with Crippen molar-refractivity contribution in [3.63, 3.8) is 0 Å². The lowest BCUT2D eigenvalue weighted by Crippen LogP contribution is -2.07. The summed E-state index contributed by atoms with van der Waals surface area (Å²) in [6, 6.07) is 4.01. The van der Waals surface area contributed by atoms with Gasteiger partial charge in [0.05, 0.1) is 6.61 Å². The van der Waals surface area contributed by atoms with Crippen molar-refractivity contribution in [2.24, 2.45) is 7.05 Å². The fraction of sp³-hybridized carbons (Fsp3) is 0.500. The van der Waals surface area contributed by atoms with Crippen molar-refractivity contribution in [2.75, 3.05) is 6.61 Å². The summed E-state index contributed by atoms with van der Waals surface area (Å²) in [7, 11) is 1.98. The lowest BCUT2D eigenvalue weighted by molar-refractivity contribution is -0.143. The summed E-state index contributed by atoms with van der Waals surface area (Å²) in [4.78, 5) is 10.8. The highest BCUT2D eigenvalue weighted by atomic mass is 16.5. The Bertz CT molecular complexity index is 278. The quantitative estimate of drug-likeness (QED) is 0.659. The number of carbonyl (C=O) groups excluding carboxylic acids is 1. The second kappa shape index (κ2) is 4.70. The average molecular weight is 181 g/mol. The van der Waals surface area contributed by atoms with E-state index in [-0.39, 0.29) is 5.97 Å². The Labute approximate surface area is 78.3 Å². The number of rotatable bonds is 4. The molecular weight excluding hydrogens is 166 g/mol. The summed E-state index contributed by atoms with van der Waals surface area (Å²) in [6.45, 7) is 2.27. The Morgan fingerprint density at radius 2 is 2.38 bits per heavy atom. The van der Waals surface area contributed by atoms with E-state index in [0.717, 1.165) is 6.42 Å². The van der Waals surface area contributed by atoms with Crippen molar-refractivity contribution < 1.29 is 9.53 Å². The van der Waals surface area contributed by atoms with Crippen LogP contribution in [0.15, 0.2) is 18.3 Å². The van der Waals surface area contributed by atoms with Crippen LogP contribution < -0.4 is 0 Å². The van der Waals surface area contributed by atoms with Gasteiger partial charge < -0.3 is 9.30 Å². The second-order valence-corrected chi connectivity index (χ2v) is 2.93. The van der Waals surface area contributed by atoms with Crippen LogP contribution in [0, 0.1) is 0 Å². The highest BCUT2D eigenvalue weighted by Crippen LogP contribution is 2.00. The van der Waals surface area contributed by atoms with E-state index in [9.17, 15) is 4.79 Å². The molecule has 1 aromatic rings. The van der Waals surface area contributed by atoms with Gasteiger partial charge in [-0.1, -0.05) is 6.92 Å². The van der Waals surface area contributed by atoms with Crippen LogP contribution in [0.2, 0.25) is 0 Å². The molecule has 0 spiro atoms. The standard InChI is InChI=1S/C10H15NO2/c1-3-10(12)13-8-6-9-5-4-7-11(9)2/h4-5,7H,3,6,8H2,1-2H3. The molecule has 1 heterocycles. The molecule has 3 nitrogen and oxygen atoms in total. The minimum atomic E-state index is -0.130. The van der Waals surface area contributed by atoms with Crippen molar-refractivity contribution in [1.29, 1.82) is 0 Å². The molecule has 0 aliphatic rings. The van der Waals surface area contributed by atoms with Crippen LogP contribution in [0.4, 0.5) is 0 Å². The number of carbonyl (C=O) groups is 1. The maximum absolute atomic E-state index is 10.8. The van der Waals surface area contributed by atoms with E-state index in [4.69, 9.17) is 4.74 Å². The number of hydrogen-bond acceptors (Lipinski definition) is 2. The lowest BCUT2D eigenvalue weighted by Gasteiger charge is -2.04. The van der Waals surface area contributed by atoms with Crippen LogP contribution in [0.25, 0.3) is 0 Å². The Kier molecular flexibility index (Phi) is 3.55. The summed E-state index contributed by atoms with van der Waals surface area (Å²) in [5.41, 5.74) is 1.18. The Hall–Kier alpha value is -1.25. The molecule has 1 aromatic heterocycles. The number of ether oxygens (including phenoxy) is 1. The third-order valence-corrected chi connectivity index (χ3v) is 1.96. The molecule has 0 aliphatic carbocycles. The number of hydrogen-bond donors (Lipinski definition) is 0. The van der Waals surface area contributed by atoms with Gasteiger partial charge in [-0.05, 0) is 12.1 Å². The molecule has 0 saturated carbocycles. The first kappa shape index (κ1) is 9.84. The maximum atomic E-state index is 10.8. The molecule has 0 bridgehead atoms. The van der Waals surface area contributed by atoms with Crippen LogP contribution in [0.3, 0.4) is 0 Å². The summed E-state index contributed by atoms with van der Waals surface area (Å²) >= 11 is 0. The molecule has 0 N–H and O–H groups in total. The van der Waals surface area contributed by atoms with Crippen molar-refractivity contribution in [1.82, 2.24) is 4.57 Å². The van der Waals surface area contributed by atoms with Gasteiger partial charge in [-0.25, -0.2) is 0 Å². The zero-order valence-electron chi connectivity index (χ0n) is 8.12. The zero-order valence-corrected chi connectivity index (χ0v) is 8.12. The van der Waals surface area contributed by atoms with Crippen LogP contribution in [-0.2, 0) is 23.0 Å². The summed E-state index contributed by atoms with van der Waals surface area (Å²) in [6.07, 6.45) is 3.22. The first-order valence-corrected chi connectivity index (χ1v) is 4.50. The summed E-state index contributed by atoms with van der Waals surface area (Å²) < 4.78 is 6.99. The topological polar surface area (TPSA) is 31.2 Å². The van der Waals surface area contributed by atoms with E-state index in [2.05, 4.69) is 0 Å². The lowest BCUT2D eigenvalue weighted by atomic mass is 10.3. The Balaban J connectivity index is 2.28. The van der Waals surface area contributed by atoms with Gasteiger partial charge >= 0.3 is 5.97 Å². The monoisotopic (exact) mass is 181 g/mol. The van der Waals surface area contributed by atoms with Crippen molar-refractivity contribution in [2.45, 2.75) is 19.8 Å². The van der Waals surface area contributed by atoms with Gasteiger partial charge in [0.1, 0.15) is 0 Å². The largest absolute Gasteiger partial charge is 0.465 e. The fourth-order valence-electron chi connectivity index (χ4n) is 1.13. The third-order valence-electron chi connectivity index (χ3n) is 1.96. The van der Waals surface area contributed by atoms with E-state index < -0.39 is 0 Å². The fourth-order valence-corrected chi connectivity index (χ4v) is 1.13. The number of aryl methyl sites for hydroxylation is 1. The minimum Gasteiger partial charge on any atom is -0.465 e. The molecule has 0 aliphatic heterocycles. The second-order valence-electron chi connectivity index (χ2n) is 2.93. The van der Waals surface area contributed by atoms with Crippen molar-refractivity contribution in [3.05, 3.63) is 24.0 Å². The average Bonchev–Trinajstić information content (AvgIpc) is 2.52. The molecule has 0 fully saturated rings. The predicted molar refractivity (Wildman–Crippen MR) is 50.4 cm³/mol. The van der Waals surface area contributed by atoms with Gasteiger partial charge in [-0.15, -0.1) is 0 Å². The molecule has 0 unspecified atom stereocenters. The van der Waals surface area contributed by atoms with Gasteiger partial charge in [-0.2, -0.15) is 0 Å². The minimum absolute atomic E-state index is 0.130. The van der Waals surface area contributed by atoms with Gasteiger partial charge in [0.25, 0.3) is 0 Å². The highest BCUT2D eigenvalue weighted by molar-refractivity contribution is 5.68. The molecule has 13 heavy (non-hydrogen) atoms. The molecule has 3 heteroatoms. The van der Waals surface area contributed by atoms with Gasteiger partial charge in [-0.3, -0.25) is 4.79 Å². The van der Waals surface area contributed by atoms with E-state index in [1.54, 1.807) is 6.92 Å². The van der Waals surface area contributed by atoms with Crippen LogP contribution in [0.5, 0.6) is 0 Å². The van der Waals surface area contributed by atoms with E-state index in [1.807, 2.05) is 29.9 Å². The van der Waals surface area contributed by atoms with Gasteiger partial charge in [0, 0.05) is 31.8 Å². The van der Waals surface area contributed by atoms with E-state index in [1.165, 1.54) is 5.69 Å². The number of nitrogens with zero attached hydrogens (tertiary/aromatic N) is 1. The first-order valence-electron chi connectivity index (χ1n) is 4.50. The summed E-state index contributed by atoms with van der Waals surface area (Å²) in [5.74, 6) is -0.130. The van der Waals surface area contributed by atoms with E-state index >= 15 is 0 Å². The smallest absolute Gasteiger partial charge is 0.305 e. The maximum Gasteiger partial charge on any atom is 0.305 e. The van der Waals surface area contributed by atoms with Crippen LogP contribution >= 0.6 is 0 Å². The predicted octanol–water partition coefficient (Wildman–Crippen LogP) is 1.52. The van der Waals surface area contributed by atoms with E-state index in [0.29, 0.717) is 13.0 Å². The number of esters is 1. The normalized spacial score (nSPS) is 10.0. The van der Waals surface area contributed by atoms with Gasteiger partial charge in [0.2, 0.25) is 0 Å².